The van der Waals surface area contributed by atoms with E-state index in [1.807, 2.05) is 40.1 Å². The molecule has 2 atom stereocenters. The van der Waals surface area contributed by atoms with Gasteiger partial charge in [0.25, 0.3) is 0 Å². The van der Waals surface area contributed by atoms with Crippen molar-refractivity contribution in [2.75, 3.05) is 18.0 Å². The largest absolute Gasteiger partial charge is 0.338 e. The third kappa shape index (κ3) is 4.03. The lowest BCUT2D eigenvalue weighted by molar-refractivity contribution is -0.135. The molecule has 1 aromatic heterocycles. The number of rotatable bonds is 4. The summed E-state index contributed by atoms with van der Waals surface area (Å²) in [5, 5.41) is 0. The van der Waals surface area contributed by atoms with Gasteiger partial charge in [-0.1, -0.05) is 18.2 Å². The van der Waals surface area contributed by atoms with Crippen LogP contribution in [0.25, 0.3) is 11.0 Å². The summed E-state index contributed by atoms with van der Waals surface area (Å²) in [6, 6.07) is 14.4. The van der Waals surface area contributed by atoms with E-state index < -0.39 is 0 Å². The summed E-state index contributed by atoms with van der Waals surface area (Å²) in [5.74, 6) is 1.05. The molecule has 2 amide bonds. The van der Waals surface area contributed by atoms with E-state index in [1.54, 1.807) is 0 Å². The SMILES string of the molecule is Cc1ccc(N2CC(c3nc4ccccc4n3CC(=O)N3CCCCC3C)CC2=O)cc1C. The second-order valence-electron chi connectivity index (χ2n) is 9.65. The first-order chi connectivity index (χ1) is 15.9. The number of aromatic nitrogens is 2. The number of para-hydroxylation sites is 2. The van der Waals surface area contributed by atoms with Gasteiger partial charge in [0.15, 0.2) is 0 Å². The second-order valence-corrected chi connectivity index (χ2v) is 9.65. The summed E-state index contributed by atoms with van der Waals surface area (Å²) in [6.45, 7) is 7.97. The number of anilines is 1. The highest BCUT2D eigenvalue weighted by Gasteiger charge is 2.35. The Labute approximate surface area is 195 Å². The fourth-order valence-corrected chi connectivity index (χ4v) is 5.29. The van der Waals surface area contributed by atoms with Crippen molar-refractivity contribution in [1.82, 2.24) is 14.5 Å². The molecule has 172 valence electrons. The van der Waals surface area contributed by atoms with Gasteiger partial charge in [0.05, 0.1) is 11.0 Å². The van der Waals surface area contributed by atoms with Crippen LogP contribution in [-0.4, -0.2) is 45.4 Å². The maximum absolute atomic E-state index is 13.3. The van der Waals surface area contributed by atoms with Gasteiger partial charge in [-0.15, -0.1) is 0 Å². The number of carbonyl (C=O) groups is 2. The maximum atomic E-state index is 13.3. The van der Waals surface area contributed by atoms with Crippen molar-refractivity contribution in [3.05, 3.63) is 59.4 Å². The Morgan fingerprint density at radius 2 is 1.91 bits per heavy atom. The van der Waals surface area contributed by atoms with Crippen LogP contribution in [0.2, 0.25) is 0 Å². The van der Waals surface area contributed by atoms with Gasteiger partial charge in [-0.3, -0.25) is 9.59 Å². The van der Waals surface area contributed by atoms with E-state index in [0.717, 1.165) is 41.9 Å². The van der Waals surface area contributed by atoms with E-state index in [2.05, 4.69) is 37.5 Å². The molecule has 2 aromatic carbocycles. The fourth-order valence-electron chi connectivity index (χ4n) is 5.29. The number of benzene rings is 2. The van der Waals surface area contributed by atoms with E-state index in [9.17, 15) is 9.59 Å². The zero-order valence-corrected chi connectivity index (χ0v) is 19.8. The van der Waals surface area contributed by atoms with Crippen molar-refractivity contribution in [3.8, 4) is 0 Å². The highest BCUT2D eigenvalue weighted by molar-refractivity contribution is 5.96. The third-order valence-electron chi connectivity index (χ3n) is 7.39. The predicted molar refractivity (Wildman–Crippen MR) is 130 cm³/mol. The van der Waals surface area contributed by atoms with Crippen molar-refractivity contribution in [1.29, 1.82) is 0 Å². The number of aryl methyl sites for hydroxylation is 2. The number of hydrogen-bond acceptors (Lipinski definition) is 3. The van der Waals surface area contributed by atoms with Crippen LogP contribution in [0.4, 0.5) is 5.69 Å². The minimum atomic E-state index is -0.0434. The number of piperidine rings is 1. The molecule has 33 heavy (non-hydrogen) atoms. The number of nitrogens with zero attached hydrogens (tertiary/aromatic N) is 4. The van der Waals surface area contributed by atoms with Crippen molar-refractivity contribution in [2.24, 2.45) is 0 Å². The standard InChI is InChI=1S/C27H32N4O2/c1-18-11-12-22(14-19(18)2)30-16-21(15-25(30)32)27-28-23-9-4-5-10-24(23)31(27)17-26(33)29-13-7-6-8-20(29)3/h4-5,9-12,14,20-21H,6-8,13,15-17H2,1-3H3. The Balaban J connectivity index is 1.46. The molecule has 5 rings (SSSR count). The highest BCUT2D eigenvalue weighted by Crippen LogP contribution is 2.34. The summed E-state index contributed by atoms with van der Waals surface area (Å²) < 4.78 is 2.06. The molecule has 0 N–H and O–H groups in total. The monoisotopic (exact) mass is 444 g/mol. The number of likely N-dealkylation sites (tertiary alicyclic amines) is 1. The van der Waals surface area contributed by atoms with Gasteiger partial charge in [0, 0.05) is 37.2 Å². The van der Waals surface area contributed by atoms with E-state index in [4.69, 9.17) is 4.98 Å². The predicted octanol–water partition coefficient (Wildman–Crippen LogP) is 4.57. The Morgan fingerprint density at radius 3 is 2.70 bits per heavy atom. The van der Waals surface area contributed by atoms with E-state index in [-0.39, 0.29) is 30.3 Å². The summed E-state index contributed by atoms with van der Waals surface area (Å²) in [7, 11) is 0. The van der Waals surface area contributed by atoms with E-state index in [0.29, 0.717) is 13.0 Å². The molecule has 3 heterocycles. The summed E-state index contributed by atoms with van der Waals surface area (Å²) in [6.07, 6.45) is 3.72. The molecular formula is C27H32N4O2. The number of carbonyl (C=O) groups excluding carboxylic acids is 2. The average molecular weight is 445 g/mol. The number of fused-ring (bicyclic) bond motifs is 1. The fraction of sp³-hybridized carbons (Fsp3) is 0.444. The van der Waals surface area contributed by atoms with Gasteiger partial charge in [-0.05, 0) is 75.4 Å². The zero-order chi connectivity index (χ0) is 23.1. The Hall–Kier alpha value is -3.15. The molecule has 0 aliphatic carbocycles. The quantitative estimate of drug-likeness (QED) is 0.592. The lowest BCUT2D eigenvalue weighted by Gasteiger charge is -2.33. The smallest absolute Gasteiger partial charge is 0.242 e. The van der Waals surface area contributed by atoms with Crippen LogP contribution in [-0.2, 0) is 16.1 Å². The van der Waals surface area contributed by atoms with Crippen LogP contribution < -0.4 is 4.90 Å². The van der Waals surface area contributed by atoms with Gasteiger partial charge in [-0.2, -0.15) is 0 Å². The molecule has 6 heteroatoms. The van der Waals surface area contributed by atoms with E-state index >= 15 is 0 Å². The second kappa shape index (κ2) is 8.65. The molecule has 2 saturated heterocycles. The van der Waals surface area contributed by atoms with Crippen molar-refractivity contribution >= 4 is 28.5 Å². The van der Waals surface area contributed by atoms with Crippen LogP contribution in [0, 0.1) is 13.8 Å². The minimum Gasteiger partial charge on any atom is -0.338 e. The van der Waals surface area contributed by atoms with Gasteiger partial charge in [-0.25, -0.2) is 4.98 Å². The normalized spacial score (nSPS) is 21.2. The average Bonchev–Trinajstić information content (AvgIpc) is 3.36. The Bertz CT molecular complexity index is 1210. The molecule has 6 nitrogen and oxygen atoms in total. The molecule has 2 aliphatic heterocycles. The van der Waals surface area contributed by atoms with Crippen molar-refractivity contribution in [3.63, 3.8) is 0 Å². The lowest BCUT2D eigenvalue weighted by Crippen LogP contribution is -2.43. The number of amides is 2. The molecule has 0 bridgehead atoms. The first-order valence-corrected chi connectivity index (χ1v) is 12.0. The molecule has 0 radical (unpaired) electrons. The molecule has 0 saturated carbocycles. The first-order valence-electron chi connectivity index (χ1n) is 12.0. The van der Waals surface area contributed by atoms with Crippen LogP contribution in [0.15, 0.2) is 42.5 Å². The van der Waals surface area contributed by atoms with Crippen LogP contribution >= 0.6 is 0 Å². The molecule has 2 aliphatic rings. The summed E-state index contributed by atoms with van der Waals surface area (Å²) in [5.41, 5.74) is 5.17. The third-order valence-corrected chi connectivity index (χ3v) is 7.39. The van der Waals surface area contributed by atoms with Gasteiger partial charge >= 0.3 is 0 Å². The lowest BCUT2D eigenvalue weighted by atomic mass is 10.0. The Morgan fingerprint density at radius 1 is 1.09 bits per heavy atom. The summed E-state index contributed by atoms with van der Waals surface area (Å²) in [4.78, 5) is 35.1. The van der Waals surface area contributed by atoms with Gasteiger partial charge in [0.2, 0.25) is 11.8 Å². The molecular weight excluding hydrogens is 412 g/mol. The van der Waals surface area contributed by atoms with E-state index in [1.165, 1.54) is 17.5 Å². The van der Waals surface area contributed by atoms with Crippen LogP contribution in [0.3, 0.4) is 0 Å². The van der Waals surface area contributed by atoms with Gasteiger partial charge in [0.1, 0.15) is 12.4 Å². The molecule has 3 aromatic rings. The number of hydrogen-bond donors (Lipinski definition) is 0. The molecule has 2 unspecified atom stereocenters. The highest BCUT2D eigenvalue weighted by atomic mass is 16.2. The molecule has 2 fully saturated rings. The maximum Gasteiger partial charge on any atom is 0.242 e. The zero-order valence-electron chi connectivity index (χ0n) is 19.8. The van der Waals surface area contributed by atoms with Gasteiger partial charge < -0.3 is 14.4 Å². The topological polar surface area (TPSA) is 58.4 Å². The van der Waals surface area contributed by atoms with Crippen LogP contribution in [0.1, 0.15) is 55.5 Å². The van der Waals surface area contributed by atoms with Crippen LogP contribution in [0.5, 0.6) is 0 Å². The molecule has 0 spiro atoms. The minimum absolute atomic E-state index is 0.0434. The van der Waals surface area contributed by atoms with Crippen molar-refractivity contribution < 1.29 is 9.59 Å². The van der Waals surface area contributed by atoms with Crippen molar-refractivity contribution in [2.45, 2.75) is 65.0 Å². The number of imidazole rings is 1. The first kappa shape index (κ1) is 21.7. The Kier molecular flexibility index (Phi) is 5.69. The summed E-state index contributed by atoms with van der Waals surface area (Å²) >= 11 is 0.